The first-order valence-corrected chi connectivity index (χ1v) is 8.22. The fourth-order valence-electron chi connectivity index (χ4n) is 2.88. The number of thiophene rings is 1. The van der Waals surface area contributed by atoms with Gasteiger partial charge in [0, 0.05) is 17.0 Å². The van der Waals surface area contributed by atoms with E-state index in [-0.39, 0.29) is 5.41 Å². The van der Waals surface area contributed by atoms with Crippen LogP contribution < -0.4 is 5.32 Å². The highest BCUT2D eigenvalue weighted by atomic mass is 32.1. The van der Waals surface area contributed by atoms with E-state index in [0.29, 0.717) is 12.1 Å². The van der Waals surface area contributed by atoms with Gasteiger partial charge in [-0.2, -0.15) is 0 Å². The molecule has 1 aromatic heterocycles. The van der Waals surface area contributed by atoms with Crippen molar-refractivity contribution in [2.75, 3.05) is 0 Å². The Morgan fingerprint density at radius 2 is 1.75 bits per heavy atom. The van der Waals surface area contributed by atoms with Crippen LogP contribution in [-0.2, 0) is 5.41 Å². The van der Waals surface area contributed by atoms with Gasteiger partial charge in [0.1, 0.15) is 0 Å². The maximum atomic E-state index is 3.72. The molecule has 0 aliphatic carbocycles. The fourth-order valence-corrected chi connectivity index (χ4v) is 3.62. The summed E-state index contributed by atoms with van der Waals surface area (Å²) in [4.78, 5) is 1.41. The lowest BCUT2D eigenvalue weighted by atomic mass is 9.79. The van der Waals surface area contributed by atoms with Crippen molar-refractivity contribution in [2.45, 2.75) is 51.6 Å². The van der Waals surface area contributed by atoms with Crippen LogP contribution in [0.4, 0.5) is 0 Å². The van der Waals surface area contributed by atoms with Gasteiger partial charge >= 0.3 is 0 Å². The Bertz CT molecular complexity index is 501. The highest BCUT2D eigenvalue weighted by Crippen LogP contribution is 2.29. The second-order valence-corrected chi connectivity index (χ2v) is 7.24. The quantitative estimate of drug-likeness (QED) is 0.774. The number of benzene rings is 1. The van der Waals surface area contributed by atoms with Gasteiger partial charge in [0.05, 0.1) is 0 Å². The van der Waals surface area contributed by atoms with Crippen molar-refractivity contribution in [1.82, 2.24) is 5.32 Å². The topological polar surface area (TPSA) is 12.0 Å². The summed E-state index contributed by atoms with van der Waals surface area (Å²) in [7, 11) is 0. The molecule has 2 aromatic rings. The maximum absolute atomic E-state index is 3.72. The lowest BCUT2D eigenvalue weighted by Crippen LogP contribution is -2.34. The van der Waals surface area contributed by atoms with Crippen LogP contribution in [0.3, 0.4) is 0 Å². The number of hydrogen-bond donors (Lipinski definition) is 1. The number of nitrogens with one attached hydrogen (secondary N) is 1. The van der Waals surface area contributed by atoms with Crippen molar-refractivity contribution >= 4 is 11.3 Å². The normalized spacial score (nSPS) is 15.0. The Labute approximate surface area is 127 Å². The van der Waals surface area contributed by atoms with Crippen LogP contribution in [0.2, 0.25) is 0 Å². The van der Waals surface area contributed by atoms with Gasteiger partial charge in [-0.25, -0.2) is 0 Å². The minimum absolute atomic E-state index is 0.197. The van der Waals surface area contributed by atoms with Crippen LogP contribution in [0.5, 0.6) is 0 Å². The van der Waals surface area contributed by atoms with Crippen molar-refractivity contribution in [2.24, 2.45) is 0 Å². The van der Waals surface area contributed by atoms with Crippen LogP contribution in [0.15, 0.2) is 47.8 Å². The second-order valence-electron chi connectivity index (χ2n) is 6.26. The molecule has 0 radical (unpaired) electrons. The molecule has 0 aliphatic rings. The Hall–Kier alpha value is -1.12. The van der Waals surface area contributed by atoms with E-state index < -0.39 is 0 Å². The fraction of sp³-hybridized carbons (Fsp3) is 0.444. The zero-order valence-electron chi connectivity index (χ0n) is 12.9. The lowest BCUT2D eigenvalue weighted by Gasteiger charge is -2.30. The molecule has 1 nitrogen and oxygen atoms in total. The van der Waals surface area contributed by atoms with Crippen LogP contribution in [0, 0.1) is 0 Å². The van der Waals surface area contributed by atoms with Crippen LogP contribution in [-0.4, -0.2) is 6.04 Å². The van der Waals surface area contributed by atoms with E-state index in [1.165, 1.54) is 10.4 Å². The molecular weight excluding hydrogens is 262 g/mol. The van der Waals surface area contributed by atoms with Crippen LogP contribution in [0.25, 0.3) is 0 Å². The molecule has 108 valence electrons. The molecule has 0 spiro atoms. The van der Waals surface area contributed by atoms with E-state index in [2.05, 4.69) is 80.9 Å². The van der Waals surface area contributed by atoms with E-state index in [9.17, 15) is 0 Å². The molecule has 0 amide bonds. The summed E-state index contributed by atoms with van der Waals surface area (Å²) in [6.07, 6.45) is 1.13. The van der Waals surface area contributed by atoms with Crippen molar-refractivity contribution < 1.29 is 0 Å². The van der Waals surface area contributed by atoms with Crippen molar-refractivity contribution in [3.05, 3.63) is 58.3 Å². The van der Waals surface area contributed by atoms with Gasteiger partial charge in [-0.3, -0.25) is 0 Å². The van der Waals surface area contributed by atoms with Gasteiger partial charge in [-0.15, -0.1) is 11.3 Å². The smallest absolute Gasteiger partial charge is 0.0388 e. The molecule has 0 saturated heterocycles. The van der Waals surface area contributed by atoms with Gasteiger partial charge < -0.3 is 5.32 Å². The van der Waals surface area contributed by atoms with Gasteiger partial charge in [0.2, 0.25) is 0 Å². The van der Waals surface area contributed by atoms with Crippen molar-refractivity contribution in [3.8, 4) is 0 Å². The van der Waals surface area contributed by atoms with E-state index in [0.717, 1.165) is 6.42 Å². The van der Waals surface area contributed by atoms with Gasteiger partial charge in [0.15, 0.2) is 0 Å². The van der Waals surface area contributed by atoms with Gasteiger partial charge in [-0.05, 0) is 42.7 Å². The second kappa shape index (κ2) is 6.55. The van der Waals surface area contributed by atoms with E-state index in [1.807, 2.05) is 11.3 Å². The predicted molar refractivity (Wildman–Crippen MR) is 89.4 cm³/mol. The molecule has 0 fully saturated rings. The zero-order chi connectivity index (χ0) is 14.6. The van der Waals surface area contributed by atoms with E-state index in [1.54, 1.807) is 0 Å². The molecule has 2 rings (SSSR count). The summed E-state index contributed by atoms with van der Waals surface area (Å²) in [6, 6.07) is 16.0. The summed E-state index contributed by atoms with van der Waals surface area (Å²) in [5, 5.41) is 5.86. The monoisotopic (exact) mass is 287 g/mol. The van der Waals surface area contributed by atoms with Crippen molar-refractivity contribution in [1.29, 1.82) is 0 Å². The van der Waals surface area contributed by atoms with Gasteiger partial charge in [-0.1, -0.05) is 50.2 Å². The van der Waals surface area contributed by atoms with Crippen LogP contribution in [0.1, 0.15) is 50.6 Å². The molecule has 20 heavy (non-hydrogen) atoms. The van der Waals surface area contributed by atoms with Crippen LogP contribution >= 0.6 is 11.3 Å². The third-order valence-corrected chi connectivity index (χ3v) is 4.93. The van der Waals surface area contributed by atoms with E-state index in [4.69, 9.17) is 0 Å². The standard InChI is InChI=1S/C18H25NS/c1-14(19-15(2)17-11-8-12-20-17)13-18(3,4)16-9-6-5-7-10-16/h5-12,14-15,19H,13H2,1-4H3. The Morgan fingerprint density at radius 1 is 1.05 bits per heavy atom. The maximum Gasteiger partial charge on any atom is 0.0388 e. The summed E-state index contributed by atoms with van der Waals surface area (Å²) in [5.74, 6) is 0. The first-order valence-electron chi connectivity index (χ1n) is 7.34. The molecule has 1 aromatic carbocycles. The van der Waals surface area contributed by atoms with Crippen molar-refractivity contribution in [3.63, 3.8) is 0 Å². The molecule has 2 unspecified atom stereocenters. The molecule has 2 heteroatoms. The van der Waals surface area contributed by atoms with Gasteiger partial charge in [0.25, 0.3) is 0 Å². The SMILES string of the molecule is CC(CC(C)(C)c1ccccc1)NC(C)c1cccs1. The minimum Gasteiger partial charge on any atom is -0.307 e. The zero-order valence-corrected chi connectivity index (χ0v) is 13.7. The minimum atomic E-state index is 0.197. The Morgan fingerprint density at radius 3 is 2.35 bits per heavy atom. The molecule has 1 heterocycles. The molecular formula is C18H25NS. The third kappa shape index (κ3) is 3.94. The average molecular weight is 287 g/mol. The third-order valence-electron chi connectivity index (χ3n) is 3.88. The average Bonchev–Trinajstić information content (AvgIpc) is 2.93. The lowest BCUT2D eigenvalue weighted by molar-refractivity contribution is 0.367. The first-order chi connectivity index (χ1) is 9.49. The number of rotatable bonds is 6. The summed E-state index contributed by atoms with van der Waals surface area (Å²) in [6.45, 7) is 9.19. The molecule has 0 bridgehead atoms. The summed E-state index contributed by atoms with van der Waals surface area (Å²) in [5.41, 5.74) is 1.61. The number of hydrogen-bond acceptors (Lipinski definition) is 2. The molecule has 1 N–H and O–H groups in total. The predicted octanol–water partition coefficient (Wildman–Crippen LogP) is 5.16. The largest absolute Gasteiger partial charge is 0.307 e. The molecule has 0 aliphatic heterocycles. The first kappa shape index (κ1) is 15.3. The Kier molecular flexibility index (Phi) is 5.00. The highest BCUT2D eigenvalue weighted by molar-refractivity contribution is 7.10. The Balaban J connectivity index is 1.95. The highest BCUT2D eigenvalue weighted by Gasteiger charge is 2.24. The van der Waals surface area contributed by atoms with E-state index >= 15 is 0 Å². The molecule has 0 saturated carbocycles. The summed E-state index contributed by atoms with van der Waals surface area (Å²) >= 11 is 1.82. The molecule has 2 atom stereocenters. The summed E-state index contributed by atoms with van der Waals surface area (Å²) < 4.78 is 0.